The third-order valence-electron chi connectivity index (χ3n) is 3.44. The zero-order chi connectivity index (χ0) is 17.7. The number of carbonyl (C=O) groups excluding carboxylic acids is 1. The summed E-state index contributed by atoms with van der Waals surface area (Å²) in [5, 5.41) is 6.91. The maximum Gasteiger partial charge on any atom is 0.422 e. The highest BCUT2D eigenvalue weighted by molar-refractivity contribution is 5.94. The molecule has 24 heavy (non-hydrogen) atoms. The van der Waals surface area contributed by atoms with Gasteiger partial charge >= 0.3 is 6.18 Å². The van der Waals surface area contributed by atoms with Crippen LogP contribution in [0.15, 0.2) is 30.5 Å². The van der Waals surface area contributed by atoms with Gasteiger partial charge in [0.15, 0.2) is 6.61 Å². The number of hydrogen-bond acceptors (Lipinski definition) is 3. The van der Waals surface area contributed by atoms with Crippen LogP contribution in [-0.2, 0) is 13.1 Å². The molecule has 5 nitrogen and oxygen atoms in total. The predicted molar refractivity (Wildman–Crippen MR) is 81.8 cm³/mol. The molecule has 0 atom stereocenters. The second-order valence-corrected chi connectivity index (χ2v) is 5.19. The molecular weight excluding hydrogens is 323 g/mol. The zero-order valence-electron chi connectivity index (χ0n) is 13.4. The van der Waals surface area contributed by atoms with Gasteiger partial charge in [0.2, 0.25) is 0 Å². The van der Waals surface area contributed by atoms with Gasteiger partial charge in [-0.15, -0.1) is 0 Å². The number of alkyl halides is 3. The zero-order valence-corrected chi connectivity index (χ0v) is 13.4. The minimum absolute atomic E-state index is 0.00467. The summed E-state index contributed by atoms with van der Waals surface area (Å²) in [5.41, 5.74) is 2.07. The number of carbonyl (C=O) groups is 1. The number of nitrogens with one attached hydrogen (secondary N) is 1. The van der Waals surface area contributed by atoms with Crippen LogP contribution in [0.5, 0.6) is 5.75 Å². The summed E-state index contributed by atoms with van der Waals surface area (Å²) >= 11 is 0. The lowest BCUT2D eigenvalue weighted by molar-refractivity contribution is -0.153. The molecule has 0 spiro atoms. The largest absolute Gasteiger partial charge is 0.484 e. The number of hydrogen-bond donors (Lipinski definition) is 1. The molecular formula is C16H18F3N3O2. The van der Waals surface area contributed by atoms with Crippen molar-refractivity contribution in [3.8, 4) is 5.75 Å². The molecule has 0 aliphatic rings. The van der Waals surface area contributed by atoms with Gasteiger partial charge in [0.1, 0.15) is 5.75 Å². The van der Waals surface area contributed by atoms with Crippen LogP contribution in [0.1, 0.15) is 28.5 Å². The Morgan fingerprint density at radius 1 is 1.38 bits per heavy atom. The van der Waals surface area contributed by atoms with Crippen molar-refractivity contribution in [1.29, 1.82) is 0 Å². The van der Waals surface area contributed by atoms with E-state index >= 15 is 0 Å². The van der Waals surface area contributed by atoms with Crippen molar-refractivity contribution >= 4 is 5.91 Å². The SMILES string of the molecule is CCn1ncc(CNC(=O)c2cccc(OCC(F)(F)F)c2)c1C. The fraction of sp³-hybridized carbons (Fsp3) is 0.375. The number of halogens is 3. The smallest absolute Gasteiger partial charge is 0.422 e. The van der Waals surface area contributed by atoms with Crippen molar-refractivity contribution in [2.45, 2.75) is 33.1 Å². The number of aromatic nitrogens is 2. The van der Waals surface area contributed by atoms with E-state index in [1.54, 1.807) is 6.20 Å². The Kier molecular flexibility index (Phi) is 5.48. The lowest BCUT2D eigenvalue weighted by Gasteiger charge is -2.10. The maximum absolute atomic E-state index is 12.2. The van der Waals surface area contributed by atoms with Crippen LogP contribution in [0.2, 0.25) is 0 Å². The van der Waals surface area contributed by atoms with Crippen molar-refractivity contribution < 1.29 is 22.7 Å². The fourth-order valence-electron chi connectivity index (χ4n) is 2.15. The first kappa shape index (κ1) is 17.8. The summed E-state index contributed by atoms with van der Waals surface area (Å²) in [6.45, 7) is 3.50. The van der Waals surface area contributed by atoms with E-state index in [1.807, 2.05) is 18.5 Å². The molecule has 0 saturated heterocycles. The van der Waals surface area contributed by atoms with Crippen LogP contribution in [0.4, 0.5) is 13.2 Å². The van der Waals surface area contributed by atoms with E-state index in [4.69, 9.17) is 0 Å². The number of benzene rings is 1. The first-order valence-corrected chi connectivity index (χ1v) is 7.39. The highest BCUT2D eigenvalue weighted by Gasteiger charge is 2.28. The average Bonchev–Trinajstić information content (AvgIpc) is 2.90. The van der Waals surface area contributed by atoms with Crippen LogP contribution in [0.25, 0.3) is 0 Å². The van der Waals surface area contributed by atoms with Gasteiger partial charge in [-0.25, -0.2) is 0 Å². The van der Waals surface area contributed by atoms with Crippen LogP contribution < -0.4 is 10.1 Å². The number of amides is 1. The van der Waals surface area contributed by atoms with Crippen LogP contribution >= 0.6 is 0 Å². The number of aryl methyl sites for hydroxylation is 1. The van der Waals surface area contributed by atoms with Gasteiger partial charge in [-0.1, -0.05) is 6.07 Å². The molecule has 1 heterocycles. The van der Waals surface area contributed by atoms with Crippen molar-refractivity contribution in [2.24, 2.45) is 0 Å². The quantitative estimate of drug-likeness (QED) is 0.878. The lowest BCUT2D eigenvalue weighted by atomic mass is 10.2. The molecule has 0 fully saturated rings. The molecule has 0 radical (unpaired) electrons. The highest BCUT2D eigenvalue weighted by Crippen LogP contribution is 2.19. The van der Waals surface area contributed by atoms with Gasteiger partial charge in [0.05, 0.1) is 6.20 Å². The summed E-state index contributed by atoms with van der Waals surface area (Å²) in [6.07, 6.45) is -2.74. The Bertz CT molecular complexity index is 711. The first-order valence-electron chi connectivity index (χ1n) is 7.39. The second-order valence-electron chi connectivity index (χ2n) is 5.19. The topological polar surface area (TPSA) is 56.2 Å². The van der Waals surface area contributed by atoms with E-state index in [0.29, 0.717) is 0 Å². The van der Waals surface area contributed by atoms with Gasteiger partial charge in [0, 0.05) is 29.9 Å². The number of rotatable bonds is 6. The minimum Gasteiger partial charge on any atom is -0.484 e. The molecule has 1 N–H and O–H groups in total. The normalized spacial score (nSPS) is 11.4. The Balaban J connectivity index is 1.98. The molecule has 1 amide bonds. The van der Waals surface area contributed by atoms with Gasteiger partial charge < -0.3 is 10.1 Å². The Labute approximate surface area is 137 Å². The van der Waals surface area contributed by atoms with E-state index in [9.17, 15) is 18.0 Å². The molecule has 0 aliphatic carbocycles. The molecule has 1 aromatic carbocycles. The lowest BCUT2D eigenvalue weighted by Crippen LogP contribution is -2.23. The minimum atomic E-state index is -4.42. The predicted octanol–water partition coefficient (Wildman–Crippen LogP) is 3.08. The van der Waals surface area contributed by atoms with E-state index < -0.39 is 18.7 Å². The van der Waals surface area contributed by atoms with Crippen LogP contribution in [0, 0.1) is 6.92 Å². The van der Waals surface area contributed by atoms with Crippen molar-refractivity contribution in [2.75, 3.05) is 6.61 Å². The molecule has 0 saturated carbocycles. The molecule has 2 rings (SSSR count). The molecule has 1 aromatic heterocycles. The van der Waals surface area contributed by atoms with Gasteiger partial charge in [-0.05, 0) is 32.0 Å². The van der Waals surface area contributed by atoms with Gasteiger partial charge in [0.25, 0.3) is 5.91 Å². The van der Waals surface area contributed by atoms with E-state index in [0.717, 1.165) is 17.8 Å². The van der Waals surface area contributed by atoms with E-state index in [2.05, 4.69) is 15.2 Å². The van der Waals surface area contributed by atoms with Crippen molar-refractivity contribution in [3.05, 3.63) is 47.3 Å². The van der Waals surface area contributed by atoms with E-state index in [-0.39, 0.29) is 17.9 Å². The Morgan fingerprint density at radius 3 is 2.75 bits per heavy atom. The summed E-state index contributed by atoms with van der Waals surface area (Å²) in [5.74, 6) is -0.397. The summed E-state index contributed by atoms with van der Waals surface area (Å²) in [7, 11) is 0. The monoisotopic (exact) mass is 341 g/mol. The second kappa shape index (κ2) is 7.37. The summed E-state index contributed by atoms with van der Waals surface area (Å²) < 4.78 is 43.0. The first-order chi connectivity index (χ1) is 11.3. The molecule has 0 aliphatic heterocycles. The van der Waals surface area contributed by atoms with Gasteiger partial charge in [-0.3, -0.25) is 9.48 Å². The molecule has 8 heteroatoms. The van der Waals surface area contributed by atoms with Crippen molar-refractivity contribution in [3.63, 3.8) is 0 Å². The molecule has 0 bridgehead atoms. The maximum atomic E-state index is 12.2. The molecule has 2 aromatic rings. The summed E-state index contributed by atoms with van der Waals surface area (Å²) in [4.78, 5) is 12.1. The fourth-order valence-corrected chi connectivity index (χ4v) is 2.15. The Hall–Kier alpha value is -2.51. The molecule has 0 unspecified atom stereocenters. The van der Waals surface area contributed by atoms with Crippen LogP contribution in [-0.4, -0.2) is 28.5 Å². The third kappa shape index (κ3) is 4.74. The number of ether oxygens (including phenoxy) is 1. The number of nitrogens with zero attached hydrogens (tertiary/aromatic N) is 2. The standard InChI is InChI=1S/C16H18F3N3O2/c1-3-22-11(2)13(9-21-22)8-20-15(23)12-5-4-6-14(7-12)24-10-16(17,18)19/h4-7,9H,3,8,10H2,1-2H3,(H,20,23). The third-order valence-corrected chi connectivity index (χ3v) is 3.44. The Morgan fingerprint density at radius 2 is 2.12 bits per heavy atom. The van der Waals surface area contributed by atoms with E-state index in [1.165, 1.54) is 24.3 Å². The van der Waals surface area contributed by atoms with Crippen molar-refractivity contribution in [1.82, 2.24) is 15.1 Å². The molecule has 130 valence electrons. The average molecular weight is 341 g/mol. The van der Waals surface area contributed by atoms with Crippen LogP contribution in [0.3, 0.4) is 0 Å². The summed E-state index contributed by atoms with van der Waals surface area (Å²) in [6, 6.07) is 5.64. The van der Waals surface area contributed by atoms with Gasteiger partial charge in [-0.2, -0.15) is 18.3 Å². The highest BCUT2D eigenvalue weighted by atomic mass is 19.4.